The Hall–Kier alpha value is -5.74. The number of anilines is 3. The molecule has 0 aliphatic heterocycles. The van der Waals surface area contributed by atoms with Gasteiger partial charge in [0.25, 0.3) is 0 Å². The summed E-state index contributed by atoms with van der Waals surface area (Å²) in [6.45, 7) is 4.70. The van der Waals surface area contributed by atoms with Crippen molar-refractivity contribution in [3.8, 4) is 22.3 Å². The number of hydrogen-bond donors (Lipinski definition) is 0. The highest BCUT2D eigenvalue weighted by Gasteiger charge is 2.35. The topological polar surface area (TPSA) is 3.24 Å². The fourth-order valence-corrected chi connectivity index (χ4v) is 10.9. The Morgan fingerprint density at radius 1 is 0.404 bits per heavy atom. The third-order valence-corrected chi connectivity index (χ3v) is 13.5. The van der Waals surface area contributed by atoms with Crippen molar-refractivity contribution in [1.82, 2.24) is 0 Å². The molecule has 11 rings (SSSR count). The molecule has 52 heavy (non-hydrogen) atoms. The lowest BCUT2D eigenvalue weighted by Crippen LogP contribution is -2.15. The Bertz CT molecular complexity index is 3050. The Labute approximate surface area is 310 Å². The van der Waals surface area contributed by atoms with Crippen molar-refractivity contribution in [2.75, 3.05) is 4.90 Å². The van der Waals surface area contributed by atoms with Crippen LogP contribution in [-0.4, -0.2) is 0 Å². The van der Waals surface area contributed by atoms with Crippen molar-refractivity contribution in [2.45, 2.75) is 19.3 Å². The average molecular weight is 700 g/mol. The third kappa shape index (κ3) is 4.40. The molecular formula is C49H33NS2. The van der Waals surface area contributed by atoms with Gasteiger partial charge in [-0.05, 0) is 111 Å². The van der Waals surface area contributed by atoms with E-state index in [9.17, 15) is 0 Å². The molecule has 0 fully saturated rings. The van der Waals surface area contributed by atoms with Gasteiger partial charge >= 0.3 is 0 Å². The van der Waals surface area contributed by atoms with E-state index < -0.39 is 0 Å². The number of rotatable bonds is 4. The summed E-state index contributed by atoms with van der Waals surface area (Å²) in [4.78, 5) is 2.43. The van der Waals surface area contributed by atoms with Crippen LogP contribution in [0.3, 0.4) is 0 Å². The molecule has 8 aromatic carbocycles. The Kier molecular flexibility index (Phi) is 6.41. The molecule has 246 valence electrons. The van der Waals surface area contributed by atoms with Crippen LogP contribution in [0.15, 0.2) is 164 Å². The minimum Gasteiger partial charge on any atom is -0.310 e. The van der Waals surface area contributed by atoms with Crippen LogP contribution in [0.5, 0.6) is 0 Å². The number of fused-ring (bicyclic) bond motifs is 11. The molecule has 10 aromatic rings. The first-order valence-electron chi connectivity index (χ1n) is 17.9. The van der Waals surface area contributed by atoms with E-state index in [-0.39, 0.29) is 5.41 Å². The first-order chi connectivity index (χ1) is 25.5. The maximum absolute atomic E-state index is 2.43. The van der Waals surface area contributed by atoms with E-state index in [0.29, 0.717) is 0 Å². The maximum Gasteiger partial charge on any atom is 0.0468 e. The summed E-state index contributed by atoms with van der Waals surface area (Å²) in [5, 5.41) is 7.92. The molecule has 0 spiro atoms. The van der Waals surface area contributed by atoms with Gasteiger partial charge in [-0.25, -0.2) is 0 Å². The second-order valence-corrected chi connectivity index (χ2v) is 16.7. The van der Waals surface area contributed by atoms with Gasteiger partial charge in [-0.3, -0.25) is 0 Å². The zero-order chi connectivity index (χ0) is 34.6. The van der Waals surface area contributed by atoms with E-state index in [2.05, 4.69) is 183 Å². The van der Waals surface area contributed by atoms with Crippen LogP contribution < -0.4 is 4.90 Å². The molecule has 0 atom stereocenters. The molecule has 1 aliphatic rings. The summed E-state index contributed by atoms with van der Waals surface area (Å²) in [5.74, 6) is 0. The molecule has 1 aliphatic carbocycles. The standard InChI is InChI=1S/C49H33NS2/c1-49(2)42-12-6-3-9-37(42)40-28-34(21-24-43(40)49)50(35-22-26-46-41(29-35)38-10-4-7-13-44(38)51-46)33-19-15-30(16-20-33)31-17-23-36-32(27-31)18-25-47-48(36)39-11-5-8-14-45(39)52-47/h3-29H,1-2H3. The molecule has 0 bridgehead atoms. The van der Waals surface area contributed by atoms with E-state index in [1.807, 2.05) is 22.7 Å². The average Bonchev–Trinajstić information content (AvgIpc) is 3.83. The Morgan fingerprint density at radius 2 is 1.02 bits per heavy atom. The van der Waals surface area contributed by atoms with Crippen LogP contribution in [0.1, 0.15) is 25.0 Å². The van der Waals surface area contributed by atoms with Gasteiger partial charge in [0.15, 0.2) is 0 Å². The van der Waals surface area contributed by atoms with E-state index in [4.69, 9.17) is 0 Å². The molecule has 0 amide bonds. The van der Waals surface area contributed by atoms with Crippen molar-refractivity contribution in [3.63, 3.8) is 0 Å². The predicted molar refractivity (Wildman–Crippen MR) is 227 cm³/mol. The highest BCUT2D eigenvalue weighted by Crippen LogP contribution is 2.51. The molecule has 2 heterocycles. The summed E-state index contributed by atoms with van der Waals surface area (Å²) in [7, 11) is 0. The number of benzene rings is 8. The molecule has 3 heteroatoms. The van der Waals surface area contributed by atoms with Gasteiger partial charge in [0.1, 0.15) is 0 Å². The van der Waals surface area contributed by atoms with Gasteiger partial charge in [0.05, 0.1) is 0 Å². The lowest BCUT2D eigenvalue weighted by Gasteiger charge is -2.27. The lowest BCUT2D eigenvalue weighted by molar-refractivity contribution is 0.660. The largest absolute Gasteiger partial charge is 0.310 e. The number of nitrogens with zero attached hydrogens (tertiary/aromatic N) is 1. The van der Waals surface area contributed by atoms with Crippen molar-refractivity contribution in [1.29, 1.82) is 0 Å². The van der Waals surface area contributed by atoms with Gasteiger partial charge in [0, 0.05) is 62.8 Å². The molecule has 2 aromatic heterocycles. The molecule has 0 N–H and O–H groups in total. The fraction of sp³-hybridized carbons (Fsp3) is 0.0612. The fourth-order valence-electron chi connectivity index (χ4n) is 8.68. The zero-order valence-corrected chi connectivity index (χ0v) is 30.5. The van der Waals surface area contributed by atoms with E-state index in [0.717, 1.165) is 17.1 Å². The summed E-state index contributed by atoms with van der Waals surface area (Å²) >= 11 is 3.74. The van der Waals surface area contributed by atoms with Crippen LogP contribution in [0.2, 0.25) is 0 Å². The quantitative estimate of drug-likeness (QED) is 0.177. The van der Waals surface area contributed by atoms with Crippen molar-refractivity contribution >= 4 is 90.9 Å². The van der Waals surface area contributed by atoms with Crippen LogP contribution in [-0.2, 0) is 5.41 Å². The minimum atomic E-state index is -0.0341. The molecule has 0 saturated heterocycles. The first kappa shape index (κ1) is 29.9. The SMILES string of the molecule is CC1(C)c2ccccc2-c2cc(N(c3ccc(-c4ccc5c(ccc6sc7ccccc7c65)c4)cc3)c3ccc4sc5ccccc5c4c3)ccc21. The van der Waals surface area contributed by atoms with Crippen molar-refractivity contribution < 1.29 is 0 Å². The first-order valence-corrected chi connectivity index (χ1v) is 19.5. The second kappa shape index (κ2) is 11.1. The second-order valence-electron chi connectivity index (χ2n) is 14.5. The van der Waals surface area contributed by atoms with Crippen molar-refractivity contribution in [3.05, 3.63) is 175 Å². The number of thiophene rings is 2. The molecular weight excluding hydrogens is 667 g/mol. The maximum atomic E-state index is 2.43. The van der Waals surface area contributed by atoms with Gasteiger partial charge in [-0.15, -0.1) is 22.7 Å². The Morgan fingerprint density at radius 3 is 1.88 bits per heavy atom. The highest BCUT2D eigenvalue weighted by atomic mass is 32.1. The van der Waals surface area contributed by atoms with Crippen molar-refractivity contribution in [2.24, 2.45) is 0 Å². The van der Waals surface area contributed by atoms with Gasteiger partial charge in [-0.1, -0.05) is 111 Å². The molecule has 0 unspecified atom stereocenters. The minimum absolute atomic E-state index is 0.0341. The van der Waals surface area contributed by atoms with Gasteiger partial charge in [-0.2, -0.15) is 0 Å². The van der Waals surface area contributed by atoms with E-state index in [1.165, 1.54) is 84.5 Å². The summed E-state index contributed by atoms with van der Waals surface area (Å²) in [5.41, 5.74) is 11.3. The monoisotopic (exact) mass is 699 g/mol. The van der Waals surface area contributed by atoms with Crippen LogP contribution >= 0.6 is 22.7 Å². The van der Waals surface area contributed by atoms with Gasteiger partial charge < -0.3 is 4.90 Å². The summed E-state index contributed by atoms with van der Waals surface area (Å²) < 4.78 is 5.33. The summed E-state index contributed by atoms with van der Waals surface area (Å²) in [6.07, 6.45) is 0. The zero-order valence-electron chi connectivity index (χ0n) is 28.9. The van der Waals surface area contributed by atoms with E-state index >= 15 is 0 Å². The number of hydrogen-bond acceptors (Lipinski definition) is 3. The predicted octanol–water partition coefficient (Wildman–Crippen LogP) is 15.0. The normalized spacial score (nSPS) is 13.3. The van der Waals surface area contributed by atoms with Gasteiger partial charge in [0.2, 0.25) is 0 Å². The molecule has 0 saturated carbocycles. The highest BCUT2D eigenvalue weighted by molar-refractivity contribution is 7.26. The molecule has 1 nitrogen and oxygen atoms in total. The molecule has 0 radical (unpaired) electrons. The third-order valence-electron chi connectivity index (χ3n) is 11.3. The summed E-state index contributed by atoms with van der Waals surface area (Å²) in [6, 6.07) is 61.2. The smallest absolute Gasteiger partial charge is 0.0468 e. The van der Waals surface area contributed by atoms with Crippen LogP contribution in [0.25, 0.3) is 73.4 Å². The Balaban J connectivity index is 1.05. The van der Waals surface area contributed by atoms with Crippen LogP contribution in [0.4, 0.5) is 17.1 Å². The van der Waals surface area contributed by atoms with E-state index in [1.54, 1.807) is 0 Å². The van der Waals surface area contributed by atoms with Crippen LogP contribution in [0, 0.1) is 0 Å². The lowest BCUT2D eigenvalue weighted by atomic mass is 9.82.